The average Bonchev–Trinajstić information content (AvgIpc) is 3.49. The van der Waals surface area contributed by atoms with Gasteiger partial charge in [0.15, 0.2) is 6.10 Å². The lowest BCUT2D eigenvalue weighted by atomic mass is 10.0. The van der Waals surface area contributed by atoms with Crippen LogP contribution >= 0.6 is 0 Å². The minimum absolute atomic E-state index is 0.0701. The smallest absolute Gasteiger partial charge is 0.306 e. The zero-order valence-corrected chi connectivity index (χ0v) is 56.2. The molecule has 0 aliphatic heterocycles. The van der Waals surface area contributed by atoms with Gasteiger partial charge in [-0.3, -0.25) is 14.4 Å². The predicted octanol–water partition coefficient (Wildman–Crippen LogP) is 25.9. The van der Waals surface area contributed by atoms with Crippen LogP contribution in [0.2, 0.25) is 0 Å². The van der Waals surface area contributed by atoms with Crippen molar-refractivity contribution in [3.8, 4) is 0 Å². The molecule has 0 N–H and O–H groups in total. The summed E-state index contributed by atoms with van der Waals surface area (Å²) >= 11 is 0. The molecule has 0 bridgehead atoms. The van der Waals surface area contributed by atoms with E-state index in [4.69, 9.17) is 14.2 Å². The van der Waals surface area contributed by atoms with Gasteiger partial charge in [0.25, 0.3) is 0 Å². The second-order valence-electron chi connectivity index (χ2n) is 25.6. The monoisotopic (exact) mass is 1170 g/mol. The van der Waals surface area contributed by atoms with E-state index in [1.807, 2.05) is 0 Å². The number of hydrogen-bond acceptors (Lipinski definition) is 6. The van der Waals surface area contributed by atoms with Crippen molar-refractivity contribution in [1.82, 2.24) is 0 Å². The number of rotatable bonds is 70. The molecule has 0 aliphatic rings. The molecule has 488 valence electrons. The van der Waals surface area contributed by atoms with E-state index in [9.17, 15) is 14.4 Å². The van der Waals surface area contributed by atoms with Gasteiger partial charge in [-0.2, -0.15) is 0 Å². The molecule has 6 nitrogen and oxygen atoms in total. The summed E-state index contributed by atoms with van der Waals surface area (Å²) in [7, 11) is 0. The molecule has 0 saturated carbocycles. The molecule has 0 saturated heterocycles. The van der Waals surface area contributed by atoms with Crippen molar-refractivity contribution in [3.63, 3.8) is 0 Å². The van der Waals surface area contributed by atoms with Gasteiger partial charge in [0.1, 0.15) is 13.2 Å². The first-order valence-electron chi connectivity index (χ1n) is 37.5. The highest BCUT2D eigenvalue weighted by Gasteiger charge is 2.20. The maximum Gasteiger partial charge on any atom is 0.306 e. The lowest BCUT2D eigenvalue weighted by molar-refractivity contribution is -0.167. The average molecular weight is 1170 g/mol. The molecule has 0 aromatic rings. The zero-order valence-electron chi connectivity index (χ0n) is 56.2. The Kier molecular flexibility index (Phi) is 70.0. The van der Waals surface area contributed by atoms with E-state index in [0.717, 1.165) is 77.0 Å². The molecule has 0 aromatic heterocycles. The Labute approximate surface area is 518 Å². The number of ether oxygens (including phenoxy) is 3. The van der Waals surface area contributed by atoms with E-state index in [1.54, 1.807) is 0 Å². The Balaban J connectivity index is 4.00. The number of carbonyl (C=O) groups is 3. The fourth-order valence-corrected chi connectivity index (χ4v) is 11.5. The van der Waals surface area contributed by atoms with Crippen molar-refractivity contribution < 1.29 is 28.6 Å². The lowest BCUT2D eigenvalue weighted by Crippen LogP contribution is -2.30. The third-order valence-electron chi connectivity index (χ3n) is 17.1. The van der Waals surface area contributed by atoms with Gasteiger partial charge < -0.3 is 14.2 Å². The lowest BCUT2D eigenvalue weighted by Gasteiger charge is -2.18. The first kappa shape index (κ1) is 80.6. The molecule has 0 heterocycles. The van der Waals surface area contributed by atoms with Crippen LogP contribution in [0.15, 0.2) is 36.5 Å². The highest BCUT2D eigenvalue weighted by Crippen LogP contribution is 2.19. The zero-order chi connectivity index (χ0) is 59.9. The van der Waals surface area contributed by atoms with Crippen LogP contribution in [-0.2, 0) is 28.6 Å². The third kappa shape index (κ3) is 70.3. The van der Waals surface area contributed by atoms with Crippen molar-refractivity contribution in [2.45, 2.75) is 425 Å². The van der Waals surface area contributed by atoms with Crippen LogP contribution in [0.25, 0.3) is 0 Å². The Morgan fingerprint density at radius 2 is 0.434 bits per heavy atom. The largest absolute Gasteiger partial charge is 0.462 e. The molecule has 1 unspecified atom stereocenters. The van der Waals surface area contributed by atoms with Gasteiger partial charge in [-0.15, -0.1) is 0 Å². The molecule has 0 aromatic carbocycles. The van der Waals surface area contributed by atoms with Crippen LogP contribution in [0.3, 0.4) is 0 Å². The van der Waals surface area contributed by atoms with E-state index in [2.05, 4.69) is 57.2 Å². The Morgan fingerprint density at radius 3 is 0.675 bits per heavy atom. The van der Waals surface area contributed by atoms with Crippen LogP contribution in [0, 0.1) is 0 Å². The van der Waals surface area contributed by atoms with Crippen LogP contribution in [0.1, 0.15) is 419 Å². The topological polar surface area (TPSA) is 78.9 Å². The number of esters is 3. The van der Waals surface area contributed by atoms with Crippen LogP contribution in [-0.4, -0.2) is 37.2 Å². The molecule has 0 radical (unpaired) electrons. The van der Waals surface area contributed by atoms with E-state index in [1.165, 1.54) is 302 Å². The van der Waals surface area contributed by atoms with Gasteiger partial charge in [-0.1, -0.05) is 378 Å². The van der Waals surface area contributed by atoms with Gasteiger partial charge in [0, 0.05) is 19.3 Å². The second kappa shape index (κ2) is 72.1. The summed E-state index contributed by atoms with van der Waals surface area (Å²) in [5.41, 5.74) is 0. The Morgan fingerprint density at radius 1 is 0.241 bits per heavy atom. The van der Waals surface area contributed by atoms with E-state index in [0.29, 0.717) is 19.3 Å². The van der Waals surface area contributed by atoms with Crippen molar-refractivity contribution >= 4 is 17.9 Å². The maximum atomic E-state index is 12.9. The molecule has 0 rings (SSSR count). The van der Waals surface area contributed by atoms with Gasteiger partial charge in [-0.25, -0.2) is 0 Å². The Bertz CT molecular complexity index is 1380. The molecular weight excluding hydrogens is 1020 g/mol. The SMILES string of the molecule is CCCCCCC/C=C\C/C=C\C/C=C\CCCCCCCCCCC(=O)OC(COC(=O)CCCCCCCCCC)COC(=O)CCCCCCCCCCCCCCCCCCCCCCCCCCCCCCCCCCCC. The predicted molar refractivity (Wildman–Crippen MR) is 362 cm³/mol. The third-order valence-corrected chi connectivity index (χ3v) is 17.1. The standard InChI is InChI=1S/C77H144O6/c1-4-7-10-13-16-19-21-23-25-27-29-31-33-34-35-36-37-38-39-40-41-42-43-45-46-48-50-52-54-56-58-61-64-67-70-76(79)82-73-74(72-81-75(78)69-66-63-60-18-15-12-9-6-3)83-77(80)71-68-65-62-59-57-55-53-51-49-47-44-32-30-28-26-24-22-20-17-14-11-8-5-2/h22,24,28,30,44,47,74H,4-21,23,25-27,29,31-43,45-46,48-73H2,1-3H3/b24-22-,30-28-,47-44-. The van der Waals surface area contributed by atoms with Crippen molar-refractivity contribution in [2.24, 2.45) is 0 Å². The van der Waals surface area contributed by atoms with Crippen molar-refractivity contribution in [3.05, 3.63) is 36.5 Å². The Hall–Kier alpha value is -2.37. The molecular formula is C77H144O6. The molecule has 0 aliphatic carbocycles. The minimum atomic E-state index is -0.773. The fraction of sp³-hybridized carbons (Fsp3) is 0.883. The molecule has 1 atom stereocenters. The minimum Gasteiger partial charge on any atom is -0.462 e. The molecule has 0 amide bonds. The van der Waals surface area contributed by atoms with Gasteiger partial charge in [0.05, 0.1) is 0 Å². The fourth-order valence-electron chi connectivity index (χ4n) is 11.5. The summed E-state index contributed by atoms with van der Waals surface area (Å²) in [4.78, 5) is 38.3. The van der Waals surface area contributed by atoms with Gasteiger partial charge >= 0.3 is 17.9 Å². The van der Waals surface area contributed by atoms with Crippen LogP contribution in [0.4, 0.5) is 0 Å². The quantitative estimate of drug-likeness (QED) is 0.0261. The highest BCUT2D eigenvalue weighted by molar-refractivity contribution is 5.71. The van der Waals surface area contributed by atoms with E-state index >= 15 is 0 Å². The maximum absolute atomic E-state index is 12.9. The van der Waals surface area contributed by atoms with Crippen LogP contribution < -0.4 is 0 Å². The summed E-state index contributed by atoms with van der Waals surface area (Å²) in [6, 6.07) is 0. The van der Waals surface area contributed by atoms with Gasteiger partial charge in [-0.05, 0) is 57.8 Å². The molecule has 0 fully saturated rings. The second-order valence-corrected chi connectivity index (χ2v) is 25.6. The number of allylic oxidation sites excluding steroid dienone is 6. The highest BCUT2D eigenvalue weighted by atomic mass is 16.6. The van der Waals surface area contributed by atoms with E-state index < -0.39 is 6.10 Å². The summed E-state index contributed by atoms with van der Waals surface area (Å²) in [5.74, 6) is -0.855. The summed E-state index contributed by atoms with van der Waals surface area (Å²) in [5, 5.41) is 0. The van der Waals surface area contributed by atoms with Crippen LogP contribution in [0.5, 0.6) is 0 Å². The van der Waals surface area contributed by atoms with Crippen molar-refractivity contribution in [2.75, 3.05) is 13.2 Å². The molecule has 83 heavy (non-hydrogen) atoms. The first-order chi connectivity index (χ1) is 41.0. The first-order valence-corrected chi connectivity index (χ1v) is 37.5. The molecule has 0 spiro atoms. The summed E-state index contributed by atoms with van der Waals surface area (Å²) < 4.78 is 16.9. The number of unbranched alkanes of at least 4 members (excludes halogenated alkanes) is 53. The van der Waals surface area contributed by atoms with Gasteiger partial charge in [0.2, 0.25) is 0 Å². The number of hydrogen-bond donors (Lipinski definition) is 0. The summed E-state index contributed by atoms with van der Waals surface area (Å²) in [6.07, 6.45) is 90.8. The number of carbonyl (C=O) groups excluding carboxylic acids is 3. The van der Waals surface area contributed by atoms with E-state index in [-0.39, 0.29) is 31.1 Å². The summed E-state index contributed by atoms with van der Waals surface area (Å²) in [6.45, 7) is 6.66. The van der Waals surface area contributed by atoms with Crippen molar-refractivity contribution in [1.29, 1.82) is 0 Å². The normalized spacial score (nSPS) is 12.2. The molecule has 6 heteroatoms.